The first kappa shape index (κ1) is 17.4. The highest BCUT2D eigenvalue weighted by atomic mass is 32.2. The fraction of sp³-hybridized carbons (Fsp3) is 0.417. The molecule has 1 N–H and O–H groups in total. The van der Waals surface area contributed by atoms with E-state index in [4.69, 9.17) is 5.11 Å². The smallest absolute Gasteiger partial charge is 0.324 e. The summed E-state index contributed by atoms with van der Waals surface area (Å²) in [6.45, 7) is 3.27. The van der Waals surface area contributed by atoms with Gasteiger partial charge in [-0.15, -0.1) is 0 Å². The number of benzene rings is 1. The van der Waals surface area contributed by atoms with Gasteiger partial charge in [-0.3, -0.25) is 4.79 Å². The Hall–Kier alpha value is -1.61. The molecule has 0 saturated heterocycles. The summed E-state index contributed by atoms with van der Waals surface area (Å²) in [6, 6.07) is 1.02. The van der Waals surface area contributed by atoms with Crippen molar-refractivity contribution in [2.24, 2.45) is 0 Å². The normalized spacial score (nSPS) is 12.7. The number of aliphatic carboxylic acids is 1. The van der Waals surface area contributed by atoms with Gasteiger partial charge in [-0.05, 0) is 26.0 Å². The summed E-state index contributed by atoms with van der Waals surface area (Å²) in [5, 5.41) is 9.09. The van der Waals surface area contributed by atoms with E-state index in [0.717, 1.165) is 13.8 Å². The maximum absolute atomic E-state index is 13.7. The lowest BCUT2D eigenvalue weighted by atomic mass is 10.1. The molecule has 0 aliphatic carbocycles. The monoisotopic (exact) mass is 325 g/mol. The van der Waals surface area contributed by atoms with Crippen LogP contribution in [0.15, 0.2) is 17.0 Å². The highest BCUT2D eigenvalue weighted by Gasteiger charge is 2.43. The van der Waals surface area contributed by atoms with Crippen LogP contribution < -0.4 is 0 Å². The van der Waals surface area contributed by atoms with E-state index >= 15 is 0 Å². The molecule has 0 aliphatic rings. The highest BCUT2D eigenvalue weighted by molar-refractivity contribution is 7.89. The van der Waals surface area contributed by atoms with Crippen molar-refractivity contribution in [3.05, 3.63) is 29.6 Å². The zero-order valence-electron chi connectivity index (χ0n) is 11.5. The minimum atomic E-state index is -4.65. The lowest BCUT2D eigenvalue weighted by Crippen LogP contribution is -2.52. The first-order valence-corrected chi connectivity index (χ1v) is 7.31. The molecule has 5 nitrogen and oxygen atoms in total. The van der Waals surface area contributed by atoms with Gasteiger partial charge in [-0.25, -0.2) is 21.6 Å². The van der Waals surface area contributed by atoms with E-state index < -0.39 is 43.9 Å². The Morgan fingerprint density at radius 3 is 2.19 bits per heavy atom. The Morgan fingerprint density at radius 2 is 1.76 bits per heavy atom. The highest BCUT2D eigenvalue weighted by Crippen LogP contribution is 2.28. The van der Waals surface area contributed by atoms with E-state index in [1.165, 1.54) is 6.92 Å². The van der Waals surface area contributed by atoms with Crippen molar-refractivity contribution < 1.29 is 31.5 Å². The standard InChI is InChI=1S/C12H14F3NO4S/c1-4-16(12(2,3)11(17)18)21(19,20)8-6-5-7(13)9(14)10(8)15/h5-6H,4H2,1-3H3,(H,17,18). The molecule has 0 amide bonds. The van der Waals surface area contributed by atoms with Gasteiger partial charge in [0, 0.05) is 6.54 Å². The minimum absolute atomic E-state index is 0.292. The molecule has 0 heterocycles. The molecule has 9 heteroatoms. The van der Waals surface area contributed by atoms with Gasteiger partial charge in [0.15, 0.2) is 17.5 Å². The largest absolute Gasteiger partial charge is 0.480 e. The molecule has 0 atom stereocenters. The molecule has 0 radical (unpaired) electrons. The molecule has 0 aromatic heterocycles. The van der Waals surface area contributed by atoms with Crippen molar-refractivity contribution >= 4 is 16.0 Å². The van der Waals surface area contributed by atoms with E-state index in [9.17, 15) is 26.4 Å². The number of hydrogen-bond acceptors (Lipinski definition) is 3. The number of likely N-dealkylation sites (N-methyl/N-ethyl adjacent to an activating group) is 1. The quantitative estimate of drug-likeness (QED) is 0.840. The molecule has 0 unspecified atom stereocenters. The van der Waals surface area contributed by atoms with Gasteiger partial charge < -0.3 is 5.11 Å². The second-order valence-electron chi connectivity index (χ2n) is 4.71. The van der Waals surface area contributed by atoms with Crippen LogP contribution in [0.1, 0.15) is 20.8 Å². The number of carboxylic acids is 1. The minimum Gasteiger partial charge on any atom is -0.480 e. The zero-order valence-corrected chi connectivity index (χ0v) is 12.3. The lowest BCUT2D eigenvalue weighted by molar-refractivity contribution is -0.146. The van der Waals surface area contributed by atoms with Crippen molar-refractivity contribution in [2.75, 3.05) is 6.54 Å². The van der Waals surface area contributed by atoms with Gasteiger partial charge in [0.1, 0.15) is 10.4 Å². The fourth-order valence-corrected chi connectivity index (χ4v) is 3.61. The van der Waals surface area contributed by atoms with E-state index in [-0.39, 0.29) is 6.54 Å². The van der Waals surface area contributed by atoms with Crippen LogP contribution in [0.3, 0.4) is 0 Å². The molecule has 1 aromatic carbocycles. The molecular weight excluding hydrogens is 311 g/mol. The van der Waals surface area contributed by atoms with E-state index in [2.05, 4.69) is 0 Å². The first-order valence-electron chi connectivity index (χ1n) is 5.87. The molecule has 118 valence electrons. The summed E-state index contributed by atoms with van der Waals surface area (Å²) < 4.78 is 64.9. The molecule has 0 bridgehead atoms. The molecule has 0 spiro atoms. The van der Waals surface area contributed by atoms with Crippen LogP contribution in [0, 0.1) is 17.5 Å². The third kappa shape index (κ3) is 2.88. The second kappa shape index (κ2) is 5.64. The number of sulfonamides is 1. The Labute approximate surface area is 120 Å². The summed E-state index contributed by atoms with van der Waals surface area (Å²) >= 11 is 0. The molecule has 0 aliphatic heterocycles. The predicted molar refractivity (Wildman–Crippen MR) is 67.6 cm³/mol. The second-order valence-corrected chi connectivity index (χ2v) is 6.54. The number of hydrogen-bond donors (Lipinski definition) is 1. The molecule has 1 rings (SSSR count). The predicted octanol–water partition coefficient (Wildman–Crippen LogP) is 1.98. The Bertz CT molecular complexity index is 673. The maximum Gasteiger partial charge on any atom is 0.324 e. The van der Waals surface area contributed by atoms with Gasteiger partial charge in [-0.1, -0.05) is 6.92 Å². The third-order valence-corrected chi connectivity index (χ3v) is 5.17. The van der Waals surface area contributed by atoms with Crippen LogP contribution in [0.4, 0.5) is 13.2 Å². The SMILES string of the molecule is CCN(C(C)(C)C(=O)O)S(=O)(=O)c1ccc(F)c(F)c1F. The third-order valence-electron chi connectivity index (χ3n) is 3.00. The molecule has 21 heavy (non-hydrogen) atoms. The number of carbonyl (C=O) groups is 1. The molecule has 0 saturated carbocycles. The number of carboxylic acid groups (broad SMARTS) is 1. The van der Waals surface area contributed by atoms with E-state index in [0.29, 0.717) is 16.4 Å². The average molecular weight is 325 g/mol. The van der Waals surface area contributed by atoms with Crippen LogP contribution in [0.25, 0.3) is 0 Å². The van der Waals surface area contributed by atoms with E-state index in [1.54, 1.807) is 0 Å². The van der Waals surface area contributed by atoms with Crippen LogP contribution in [0.2, 0.25) is 0 Å². The van der Waals surface area contributed by atoms with Gasteiger partial charge in [-0.2, -0.15) is 4.31 Å². The average Bonchev–Trinajstić information content (AvgIpc) is 2.35. The zero-order chi connectivity index (χ0) is 16.6. The summed E-state index contributed by atoms with van der Waals surface area (Å²) in [7, 11) is -4.65. The summed E-state index contributed by atoms with van der Waals surface area (Å²) in [4.78, 5) is 10.1. The summed E-state index contributed by atoms with van der Waals surface area (Å²) in [5.41, 5.74) is -1.88. The Kier molecular flexibility index (Phi) is 4.69. The van der Waals surface area contributed by atoms with Gasteiger partial charge in [0.2, 0.25) is 10.0 Å². The van der Waals surface area contributed by atoms with Crippen LogP contribution >= 0.6 is 0 Å². The number of halogens is 3. The number of nitrogens with zero attached hydrogens (tertiary/aromatic N) is 1. The van der Waals surface area contributed by atoms with Crippen molar-refractivity contribution in [1.29, 1.82) is 0 Å². The van der Waals surface area contributed by atoms with Crippen molar-refractivity contribution in [1.82, 2.24) is 4.31 Å². The van der Waals surface area contributed by atoms with Gasteiger partial charge in [0.05, 0.1) is 0 Å². The van der Waals surface area contributed by atoms with Crippen LogP contribution in [-0.4, -0.2) is 35.9 Å². The van der Waals surface area contributed by atoms with Crippen LogP contribution in [0.5, 0.6) is 0 Å². The van der Waals surface area contributed by atoms with Crippen molar-refractivity contribution in [3.63, 3.8) is 0 Å². The first-order chi connectivity index (χ1) is 9.47. The van der Waals surface area contributed by atoms with Crippen molar-refractivity contribution in [3.8, 4) is 0 Å². The summed E-state index contributed by atoms with van der Waals surface area (Å²) in [5.74, 6) is -6.81. The fourth-order valence-electron chi connectivity index (χ4n) is 1.80. The maximum atomic E-state index is 13.7. The topological polar surface area (TPSA) is 74.7 Å². The number of rotatable bonds is 5. The van der Waals surface area contributed by atoms with Gasteiger partial charge >= 0.3 is 5.97 Å². The van der Waals surface area contributed by atoms with Gasteiger partial charge in [0.25, 0.3) is 0 Å². The Balaban J connectivity index is 3.54. The molecule has 0 fully saturated rings. The lowest BCUT2D eigenvalue weighted by Gasteiger charge is -2.33. The van der Waals surface area contributed by atoms with E-state index in [1.807, 2.05) is 0 Å². The molecule has 1 aromatic rings. The summed E-state index contributed by atoms with van der Waals surface area (Å²) in [6.07, 6.45) is 0. The van der Waals surface area contributed by atoms with Crippen molar-refractivity contribution in [2.45, 2.75) is 31.2 Å². The van der Waals surface area contributed by atoms with Crippen LogP contribution in [-0.2, 0) is 14.8 Å². The molecular formula is C12H14F3NO4S. The Morgan fingerprint density at radius 1 is 1.24 bits per heavy atom.